The molecule has 1 unspecified atom stereocenters. The fourth-order valence-corrected chi connectivity index (χ4v) is 4.59. The summed E-state index contributed by atoms with van der Waals surface area (Å²) >= 11 is 3.38. The van der Waals surface area contributed by atoms with E-state index in [2.05, 4.69) is 15.9 Å². The van der Waals surface area contributed by atoms with Gasteiger partial charge in [-0.2, -0.15) is 4.31 Å². The van der Waals surface area contributed by atoms with Crippen LogP contribution < -0.4 is 0 Å². The minimum Gasteiger partial charge on any atom is -0.459 e. The summed E-state index contributed by atoms with van der Waals surface area (Å²) in [5, 5.41) is 0. The molecule has 1 aromatic carbocycles. The van der Waals surface area contributed by atoms with E-state index >= 15 is 0 Å². The van der Waals surface area contributed by atoms with Gasteiger partial charge in [-0.15, -0.1) is 10.8 Å². The molecule has 0 saturated carbocycles. The number of ether oxygens (including phenoxy) is 1. The smallest absolute Gasteiger partial charge is 0.322 e. The first-order chi connectivity index (χ1) is 9.52. The molecule has 1 aliphatic heterocycles. The van der Waals surface area contributed by atoms with Crippen molar-refractivity contribution in [3.8, 4) is 0 Å². The van der Waals surface area contributed by atoms with Crippen LogP contribution in [-0.4, -0.2) is 31.5 Å². The third-order valence-corrected chi connectivity index (χ3v) is 5.74. The van der Waals surface area contributed by atoms with Crippen molar-refractivity contribution in [3.63, 3.8) is 0 Å². The number of nitrogens with zero attached hydrogens (tertiary/aromatic N) is 1. The third kappa shape index (κ3) is 3.43. The number of carbonyl (C=O) groups excluding carboxylic acids is 1. The molecular weight excluding hydrogens is 358 g/mol. The monoisotopic (exact) mass is 377 g/mol. The van der Waals surface area contributed by atoms with Gasteiger partial charge in [-0.25, -0.2) is 0 Å². The second-order valence-electron chi connectivity index (χ2n) is 6.04. The van der Waals surface area contributed by atoms with Crippen LogP contribution in [0.15, 0.2) is 27.6 Å². The minimum absolute atomic E-state index is 0.160. The highest BCUT2D eigenvalue weighted by molar-refractivity contribution is 9.10. The Morgan fingerprint density at radius 1 is 1.43 bits per heavy atom. The molecule has 0 spiro atoms. The molecule has 7 heteroatoms. The van der Waals surface area contributed by atoms with Crippen LogP contribution in [0.25, 0.3) is 0 Å². The summed E-state index contributed by atoms with van der Waals surface area (Å²) in [6.45, 7) is 7.02. The van der Waals surface area contributed by atoms with Crippen molar-refractivity contribution in [1.29, 1.82) is 0 Å². The predicted molar refractivity (Wildman–Crippen MR) is 86.2 cm³/mol. The molecule has 2 N–H and O–H groups in total. The highest BCUT2D eigenvalue weighted by Gasteiger charge is 2.42. The van der Waals surface area contributed by atoms with Gasteiger partial charge in [-0.3, -0.25) is 13.9 Å². The van der Waals surface area contributed by atoms with Gasteiger partial charge in [0.25, 0.3) is 0 Å². The molecular formula is C14H20BrNO4S. The third-order valence-electron chi connectivity index (χ3n) is 3.18. The molecule has 0 amide bonds. The number of esters is 1. The molecule has 5 nitrogen and oxygen atoms in total. The molecule has 0 saturated heterocycles. The van der Waals surface area contributed by atoms with Crippen LogP contribution in [0.1, 0.15) is 39.3 Å². The maximum absolute atomic E-state index is 12.0. The van der Waals surface area contributed by atoms with E-state index in [0.717, 1.165) is 10.0 Å². The Balaban J connectivity index is 2.25. The Labute approximate surface area is 134 Å². The van der Waals surface area contributed by atoms with E-state index in [1.54, 1.807) is 32.9 Å². The molecule has 0 fully saturated rings. The number of rotatable bonds is 2. The van der Waals surface area contributed by atoms with Crippen molar-refractivity contribution in [2.75, 3.05) is 6.54 Å². The molecule has 1 aromatic rings. The molecule has 0 aliphatic carbocycles. The van der Waals surface area contributed by atoms with E-state index in [0.29, 0.717) is 4.90 Å². The first-order valence-electron chi connectivity index (χ1n) is 6.59. The average Bonchev–Trinajstić information content (AvgIpc) is 2.48. The zero-order valence-corrected chi connectivity index (χ0v) is 14.9. The van der Waals surface area contributed by atoms with Crippen LogP contribution in [0.4, 0.5) is 0 Å². The summed E-state index contributed by atoms with van der Waals surface area (Å²) in [5.74, 6) is -0.471. The fourth-order valence-electron chi connectivity index (χ4n) is 2.33. The molecule has 2 rings (SSSR count). The van der Waals surface area contributed by atoms with Crippen molar-refractivity contribution < 1.29 is 18.6 Å². The van der Waals surface area contributed by atoms with Crippen molar-refractivity contribution >= 4 is 32.7 Å². The zero-order chi connectivity index (χ0) is 16.0. The largest absolute Gasteiger partial charge is 0.459 e. The fraction of sp³-hybridized carbons (Fsp3) is 0.500. The van der Waals surface area contributed by atoms with Crippen LogP contribution in [-0.2, 0) is 9.53 Å². The van der Waals surface area contributed by atoms with E-state index in [1.165, 1.54) is 4.31 Å². The Kier molecular flexibility index (Phi) is 4.43. The minimum atomic E-state index is -3.15. The average molecular weight is 378 g/mol. The van der Waals surface area contributed by atoms with Crippen molar-refractivity contribution in [2.24, 2.45) is 0 Å². The van der Waals surface area contributed by atoms with Gasteiger partial charge < -0.3 is 4.74 Å². The number of hydrogen-bond acceptors (Lipinski definition) is 5. The maximum atomic E-state index is 12.0. The summed E-state index contributed by atoms with van der Waals surface area (Å²) in [6.07, 6.45) is 0. The molecule has 0 aromatic heterocycles. The number of hydrogen-bond donors (Lipinski definition) is 2. The lowest BCUT2D eigenvalue weighted by molar-refractivity contribution is -0.155. The molecule has 0 bridgehead atoms. The normalized spacial score (nSPS) is 22.7. The van der Waals surface area contributed by atoms with Gasteiger partial charge in [0.2, 0.25) is 0 Å². The maximum Gasteiger partial charge on any atom is 0.322 e. The first kappa shape index (κ1) is 16.8. The first-order valence-corrected chi connectivity index (χ1v) is 8.88. The van der Waals surface area contributed by atoms with Crippen molar-refractivity contribution in [2.45, 2.75) is 44.2 Å². The highest BCUT2D eigenvalue weighted by atomic mass is 79.9. The molecule has 1 heterocycles. The number of fused-ring (bicyclic) bond motifs is 1. The van der Waals surface area contributed by atoms with E-state index in [4.69, 9.17) is 4.74 Å². The van der Waals surface area contributed by atoms with Gasteiger partial charge in [0.05, 0.1) is 10.9 Å². The molecule has 1 atom stereocenters. The summed E-state index contributed by atoms with van der Waals surface area (Å²) < 4.78 is 28.4. The van der Waals surface area contributed by atoms with Crippen LogP contribution >= 0.6 is 26.7 Å². The summed E-state index contributed by atoms with van der Waals surface area (Å²) in [6, 6.07) is 5.02. The Bertz CT molecular complexity index is 571. The van der Waals surface area contributed by atoms with Crippen molar-refractivity contribution in [3.05, 3.63) is 28.2 Å². The van der Waals surface area contributed by atoms with Gasteiger partial charge >= 0.3 is 5.97 Å². The standard InChI is InChI=1S/C14H20BrNO4S/c1-9-11-7-10(15)5-6-12(11)21(18,19)16(9)8-13(17)20-14(2,3)4/h5-7,9,18-19H,8H2,1-4H3. The van der Waals surface area contributed by atoms with Crippen LogP contribution in [0.3, 0.4) is 0 Å². The SMILES string of the molecule is CC1c2cc(Br)ccc2S(O)(O)N1CC(=O)OC(C)(C)C. The van der Waals surface area contributed by atoms with Crippen molar-refractivity contribution in [1.82, 2.24) is 4.31 Å². The lowest BCUT2D eigenvalue weighted by Crippen LogP contribution is -2.35. The van der Waals surface area contributed by atoms with Gasteiger partial charge in [0.1, 0.15) is 12.1 Å². The van der Waals surface area contributed by atoms with Gasteiger partial charge in [0.15, 0.2) is 0 Å². The van der Waals surface area contributed by atoms with Crippen LogP contribution in [0.2, 0.25) is 0 Å². The summed E-state index contributed by atoms with van der Waals surface area (Å²) in [4.78, 5) is 12.5. The van der Waals surface area contributed by atoms with Crippen LogP contribution in [0, 0.1) is 0 Å². The summed E-state index contributed by atoms with van der Waals surface area (Å²) in [7, 11) is -3.15. The number of halogens is 1. The molecule has 1 aliphatic rings. The Hall–Kier alpha value is -0.600. The highest BCUT2D eigenvalue weighted by Crippen LogP contribution is 2.63. The Morgan fingerprint density at radius 3 is 2.62 bits per heavy atom. The van der Waals surface area contributed by atoms with E-state index in [1.807, 2.05) is 13.0 Å². The van der Waals surface area contributed by atoms with Gasteiger partial charge in [-0.1, -0.05) is 15.9 Å². The predicted octanol–water partition coefficient (Wildman–Crippen LogP) is 4.19. The number of benzene rings is 1. The lowest BCUT2D eigenvalue weighted by Gasteiger charge is -2.38. The van der Waals surface area contributed by atoms with E-state index in [-0.39, 0.29) is 12.6 Å². The second-order valence-corrected chi connectivity index (χ2v) is 8.90. The topological polar surface area (TPSA) is 70.0 Å². The van der Waals surface area contributed by atoms with Crippen LogP contribution in [0.5, 0.6) is 0 Å². The van der Waals surface area contributed by atoms with Gasteiger partial charge in [0, 0.05) is 4.47 Å². The Morgan fingerprint density at radius 2 is 2.05 bits per heavy atom. The quantitative estimate of drug-likeness (QED) is 0.756. The molecule has 0 radical (unpaired) electrons. The van der Waals surface area contributed by atoms with Gasteiger partial charge in [-0.05, 0) is 51.5 Å². The van der Waals surface area contributed by atoms with E-state index < -0.39 is 22.3 Å². The van der Waals surface area contributed by atoms with E-state index in [9.17, 15) is 13.9 Å². The zero-order valence-electron chi connectivity index (χ0n) is 12.5. The number of carbonyl (C=O) groups is 1. The summed E-state index contributed by atoms with van der Waals surface area (Å²) in [5.41, 5.74) is 0.215. The molecule has 118 valence electrons. The lowest BCUT2D eigenvalue weighted by atomic mass is 10.1. The molecule has 21 heavy (non-hydrogen) atoms. The second kappa shape index (κ2) is 5.55.